The van der Waals surface area contributed by atoms with Crippen molar-refractivity contribution in [3.05, 3.63) is 47.5 Å². The van der Waals surface area contributed by atoms with Crippen LogP contribution in [-0.4, -0.2) is 34.2 Å². The zero-order valence-electron chi connectivity index (χ0n) is 19.5. The Bertz CT molecular complexity index is 901. The number of methoxy groups -OCH3 is 4. The van der Waals surface area contributed by atoms with E-state index in [0.717, 1.165) is 30.4 Å². The maximum absolute atomic E-state index is 13.6. The predicted molar refractivity (Wildman–Crippen MR) is 123 cm³/mol. The second-order valence-electron chi connectivity index (χ2n) is 8.71. The summed E-state index contributed by atoms with van der Waals surface area (Å²) in [7, 11) is 6.53. The smallest absolute Gasteiger partial charge is 0.161 e. The van der Waals surface area contributed by atoms with E-state index < -0.39 is 0 Å². The number of hydrogen-bond acceptors (Lipinski definition) is 6. The second kappa shape index (κ2) is 9.41. The van der Waals surface area contributed by atoms with E-state index in [-0.39, 0.29) is 23.9 Å². The van der Waals surface area contributed by atoms with E-state index in [4.69, 9.17) is 18.9 Å². The van der Waals surface area contributed by atoms with Crippen LogP contribution in [0.3, 0.4) is 0 Å². The summed E-state index contributed by atoms with van der Waals surface area (Å²) in [6.07, 6.45) is 2.91. The Morgan fingerprint density at radius 1 is 0.750 bits per heavy atom. The highest BCUT2D eigenvalue weighted by atomic mass is 16.5. The normalized spacial score (nSPS) is 27.0. The van der Waals surface area contributed by atoms with Crippen LogP contribution in [0.1, 0.15) is 49.4 Å². The van der Waals surface area contributed by atoms with Crippen LogP contribution in [0, 0.1) is 17.8 Å². The van der Waals surface area contributed by atoms with Gasteiger partial charge in [0.05, 0.1) is 28.4 Å². The van der Waals surface area contributed by atoms with Crippen LogP contribution in [-0.2, 0) is 4.79 Å². The van der Waals surface area contributed by atoms with Crippen molar-refractivity contribution in [1.29, 1.82) is 0 Å². The van der Waals surface area contributed by atoms with Gasteiger partial charge in [0.1, 0.15) is 5.78 Å². The molecule has 2 fully saturated rings. The first-order chi connectivity index (χ1) is 15.5. The van der Waals surface area contributed by atoms with Crippen LogP contribution in [0.2, 0.25) is 0 Å². The van der Waals surface area contributed by atoms with Crippen LogP contribution in [0.25, 0.3) is 0 Å². The monoisotopic (exact) mass is 439 g/mol. The van der Waals surface area contributed by atoms with Gasteiger partial charge >= 0.3 is 0 Å². The van der Waals surface area contributed by atoms with Crippen LogP contribution < -0.4 is 24.3 Å². The molecule has 1 aliphatic heterocycles. The number of ether oxygens (including phenoxy) is 4. The Labute approximate surface area is 190 Å². The quantitative estimate of drug-likeness (QED) is 0.673. The van der Waals surface area contributed by atoms with Gasteiger partial charge in [0, 0.05) is 23.9 Å². The maximum atomic E-state index is 13.6. The molecule has 4 atom stereocenters. The molecule has 2 aromatic rings. The molecule has 2 aliphatic rings. The Kier molecular flexibility index (Phi) is 6.60. The highest BCUT2D eigenvalue weighted by Gasteiger charge is 2.49. The third-order valence-electron chi connectivity index (χ3n) is 7.18. The lowest BCUT2D eigenvalue weighted by Crippen LogP contribution is -2.52. The third-order valence-corrected chi connectivity index (χ3v) is 7.18. The number of rotatable bonds is 7. The van der Waals surface area contributed by atoms with Crippen LogP contribution in [0.4, 0.5) is 0 Å². The van der Waals surface area contributed by atoms with Crippen molar-refractivity contribution in [2.75, 3.05) is 28.4 Å². The second-order valence-corrected chi connectivity index (χ2v) is 8.71. The predicted octanol–water partition coefficient (Wildman–Crippen LogP) is 4.73. The first-order valence-electron chi connectivity index (χ1n) is 11.3. The summed E-state index contributed by atoms with van der Waals surface area (Å²) in [5.41, 5.74) is 2.09. The van der Waals surface area contributed by atoms with Crippen LogP contribution in [0.15, 0.2) is 36.4 Å². The fourth-order valence-corrected chi connectivity index (χ4v) is 5.43. The molecule has 4 unspecified atom stereocenters. The summed E-state index contributed by atoms with van der Waals surface area (Å²) in [6.45, 7) is 2.22. The molecule has 1 aliphatic carbocycles. The van der Waals surface area contributed by atoms with Crippen molar-refractivity contribution in [1.82, 2.24) is 5.32 Å². The molecule has 0 aromatic heterocycles. The minimum atomic E-state index is -0.0917. The van der Waals surface area contributed by atoms with Crippen molar-refractivity contribution >= 4 is 5.78 Å². The van der Waals surface area contributed by atoms with Crippen LogP contribution >= 0.6 is 0 Å². The molecule has 1 N–H and O–H groups in total. The van der Waals surface area contributed by atoms with E-state index in [1.165, 1.54) is 0 Å². The van der Waals surface area contributed by atoms with E-state index >= 15 is 0 Å². The topological polar surface area (TPSA) is 66.0 Å². The van der Waals surface area contributed by atoms with Gasteiger partial charge in [0.2, 0.25) is 0 Å². The van der Waals surface area contributed by atoms with E-state index in [0.29, 0.717) is 34.7 Å². The number of ketones is 1. The molecule has 172 valence electrons. The van der Waals surface area contributed by atoms with Crippen LogP contribution in [0.5, 0.6) is 23.0 Å². The molecule has 1 saturated carbocycles. The summed E-state index contributed by atoms with van der Waals surface area (Å²) in [5, 5.41) is 3.83. The molecule has 6 heteroatoms. The third kappa shape index (κ3) is 3.92. The Morgan fingerprint density at radius 2 is 1.19 bits per heavy atom. The summed E-state index contributed by atoms with van der Waals surface area (Å²) in [5.74, 6) is 3.51. The number of carbonyl (C=O) groups is 1. The maximum Gasteiger partial charge on any atom is 0.161 e. The van der Waals surface area contributed by atoms with Gasteiger partial charge in [-0.05, 0) is 54.2 Å². The van der Waals surface area contributed by atoms with Gasteiger partial charge in [-0.2, -0.15) is 0 Å². The highest BCUT2D eigenvalue weighted by Crippen LogP contribution is 2.49. The molecule has 0 amide bonds. The first kappa shape index (κ1) is 22.5. The van der Waals surface area contributed by atoms with Crippen molar-refractivity contribution in [2.24, 2.45) is 17.8 Å². The van der Waals surface area contributed by atoms with Crippen molar-refractivity contribution < 1.29 is 23.7 Å². The molecule has 32 heavy (non-hydrogen) atoms. The summed E-state index contributed by atoms with van der Waals surface area (Å²) in [4.78, 5) is 13.6. The van der Waals surface area contributed by atoms with E-state index in [9.17, 15) is 4.79 Å². The number of hydrogen-bond donors (Lipinski definition) is 1. The van der Waals surface area contributed by atoms with Crippen molar-refractivity contribution in [3.8, 4) is 23.0 Å². The molecule has 2 bridgehead atoms. The minimum absolute atomic E-state index is 0.0480. The average Bonchev–Trinajstić information content (AvgIpc) is 2.83. The van der Waals surface area contributed by atoms with Crippen molar-refractivity contribution in [2.45, 2.75) is 38.3 Å². The lowest BCUT2D eigenvalue weighted by Gasteiger charge is -2.47. The Hall–Kier alpha value is -2.73. The average molecular weight is 440 g/mol. The molecule has 6 nitrogen and oxygen atoms in total. The fraction of sp³-hybridized carbons (Fsp3) is 0.500. The van der Waals surface area contributed by atoms with Gasteiger partial charge in [0.25, 0.3) is 0 Å². The number of carbonyl (C=O) groups excluding carboxylic acids is 1. The SMILES string of the molecule is CCC1CC2C(=O)C(C1)C(c1ccc(OC)c(OC)c1)NC2c1ccc(OC)c(OC)c1. The molecule has 1 heterocycles. The number of benzene rings is 2. The molecule has 0 spiro atoms. The molecule has 4 rings (SSSR count). The summed E-state index contributed by atoms with van der Waals surface area (Å²) < 4.78 is 21.9. The largest absolute Gasteiger partial charge is 0.493 e. The molecule has 1 saturated heterocycles. The van der Waals surface area contributed by atoms with Gasteiger partial charge < -0.3 is 24.3 Å². The standard InChI is InChI=1S/C26H33NO5/c1-6-15-11-18-24(16-7-9-20(29-2)22(13-16)31-4)27-25(19(12-15)26(18)28)17-8-10-21(30-3)23(14-17)32-5/h7-10,13-15,18-19,24-25,27H,6,11-12H2,1-5H3. The summed E-state index contributed by atoms with van der Waals surface area (Å²) >= 11 is 0. The number of piperidine rings is 1. The van der Waals surface area contributed by atoms with Gasteiger partial charge in [-0.3, -0.25) is 4.79 Å². The molecule has 2 aromatic carbocycles. The number of Topliss-reactive ketones (excluding diaryl/α,β-unsaturated/α-hetero) is 1. The van der Waals surface area contributed by atoms with Crippen molar-refractivity contribution in [3.63, 3.8) is 0 Å². The zero-order valence-corrected chi connectivity index (χ0v) is 19.5. The van der Waals surface area contributed by atoms with Gasteiger partial charge in [0.15, 0.2) is 23.0 Å². The van der Waals surface area contributed by atoms with E-state index in [1.807, 2.05) is 36.4 Å². The van der Waals surface area contributed by atoms with E-state index in [2.05, 4.69) is 12.2 Å². The summed E-state index contributed by atoms with van der Waals surface area (Å²) in [6, 6.07) is 11.7. The van der Waals surface area contributed by atoms with Gasteiger partial charge in [-0.25, -0.2) is 0 Å². The molecule has 0 radical (unpaired) electrons. The fourth-order valence-electron chi connectivity index (χ4n) is 5.43. The molecular weight excluding hydrogens is 406 g/mol. The van der Waals surface area contributed by atoms with Gasteiger partial charge in [-0.1, -0.05) is 25.5 Å². The van der Waals surface area contributed by atoms with E-state index in [1.54, 1.807) is 28.4 Å². The number of nitrogens with one attached hydrogen (secondary N) is 1. The lowest BCUT2D eigenvalue weighted by molar-refractivity contribution is -0.137. The Morgan fingerprint density at radius 3 is 1.56 bits per heavy atom. The minimum Gasteiger partial charge on any atom is -0.493 e. The first-order valence-corrected chi connectivity index (χ1v) is 11.3. The number of fused-ring (bicyclic) bond motifs is 2. The Balaban J connectivity index is 1.76. The van der Waals surface area contributed by atoms with Gasteiger partial charge in [-0.15, -0.1) is 0 Å². The lowest BCUT2D eigenvalue weighted by atomic mass is 9.63. The highest BCUT2D eigenvalue weighted by molar-refractivity contribution is 5.87. The zero-order chi connectivity index (χ0) is 22.8. The molecular formula is C26H33NO5.